The summed E-state index contributed by atoms with van der Waals surface area (Å²) >= 11 is 6.31. The highest BCUT2D eigenvalue weighted by Gasteiger charge is 2.29. The van der Waals surface area contributed by atoms with Crippen LogP contribution in [0.15, 0.2) is 48.5 Å². The third-order valence-corrected chi connectivity index (χ3v) is 4.68. The normalized spacial score (nSPS) is 16.7. The Kier molecular flexibility index (Phi) is 7.83. The Morgan fingerprint density at radius 3 is 2.59 bits per heavy atom. The van der Waals surface area contributed by atoms with Crippen LogP contribution in [0.3, 0.4) is 0 Å². The molecule has 2 aromatic rings. The molecule has 146 valence electrons. The quantitative estimate of drug-likeness (QED) is 0.798. The van der Waals surface area contributed by atoms with Gasteiger partial charge in [-0.25, -0.2) is 0 Å². The molecule has 0 bridgehead atoms. The molecule has 4 nitrogen and oxygen atoms in total. The van der Waals surface area contributed by atoms with Crippen LogP contribution in [-0.4, -0.2) is 37.1 Å². The molecule has 0 saturated carbocycles. The lowest BCUT2D eigenvalue weighted by atomic mass is 10.0. The van der Waals surface area contributed by atoms with E-state index in [9.17, 15) is 13.6 Å². The highest BCUT2D eigenvalue weighted by molar-refractivity contribution is 6.31. The van der Waals surface area contributed by atoms with Crippen LogP contribution in [0, 0.1) is 0 Å². The number of halogens is 4. The molecule has 1 saturated heterocycles. The van der Waals surface area contributed by atoms with Gasteiger partial charge in [-0.2, -0.15) is 8.78 Å². The van der Waals surface area contributed by atoms with E-state index in [1.54, 1.807) is 12.1 Å². The van der Waals surface area contributed by atoms with Gasteiger partial charge in [0.05, 0.1) is 12.5 Å². The van der Waals surface area contributed by atoms with Gasteiger partial charge < -0.3 is 15.0 Å². The minimum Gasteiger partial charge on any atom is -0.435 e. The van der Waals surface area contributed by atoms with E-state index in [0.29, 0.717) is 24.7 Å². The second kappa shape index (κ2) is 9.88. The lowest BCUT2D eigenvalue weighted by molar-refractivity contribution is -0.133. The van der Waals surface area contributed by atoms with Crippen molar-refractivity contribution in [2.75, 3.05) is 19.6 Å². The number of amides is 1. The number of hydrogen-bond acceptors (Lipinski definition) is 3. The number of carbonyl (C=O) groups is 1. The fraction of sp³-hybridized carbons (Fsp3) is 0.316. The highest BCUT2D eigenvalue weighted by Crippen LogP contribution is 2.29. The number of nitrogens with zero attached hydrogens (tertiary/aromatic N) is 1. The first kappa shape index (κ1) is 21.4. The van der Waals surface area contributed by atoms with Crippen molar-refractivity contribution in [3.05, 3.63) is 64.7 Å². The molecule has 0 radical (unpaired) electrons. The van der Waals surface area contributed by atoms with E-state index in [0.717, 1.165) is 11.1 Å². The molecular weight excluding hydrogens is 397 g/mol. The summed E-state index contributed by atoms with van der Waals surface area (Å²) in [6.07, 6.45) is 0.190. The monoisotopic (exact) mass is 416 g/mol. The van der Waals surface area contributed by atoms with Gasteiger partial charge in [-0.1, -0.05) is 41.9 Å². The Morgan fingerprint density at radius 1 is 1.22 bits per heavy atom. The number of alkyl halides is 2. The topological polar surface area (TPSA) is 41.6 Å². The van der Waals surface area contributed by atoms with E-state index < -0.39 is 6.61 Å². The van der Waals surface area contributed by atoms with E-state index in [2.05, 4.69) is 10.1 Å². The molecule has 1 atom stereocenters. The van der Waals surface area contributed by atoms with Crippen molar-refractivity contribution in [3.63, 3.8) is 0 Å². The first-order valence-corrected chi connectivity index (χ1v) is 8.71. The average molecular weight is 417 g/mol. The summed E-state index contributed by atoms with van der Waals surface area (Å²) in [6, 6.07) is 13.5. The molecule has 0 aliphatic carbocycles. The van der Waals surface area contributed by atoms with Crippen molar-refractivity contribution >= 4 is 29.9 Å². The van der Waals surface area contributed by atoms with Crippen LogP contribution in [-0.2, 0) is 11.2 Å². The van der Waals surface area contributed by atoms with Crippen LogP contribution < -0.4 is 10.1 Å². The highest BCUT2D eigenvalue weighted by atomic mass is 35.5. The molecule has 1 unspecified atom stereocenters. The van der Waals surface area contributed by atoms with Crippen LogP contribution in [0.1, 0.15) is 17.2 Å². The summed E-state index contributed by atoms with van der Waals surface area (Å²) < 4.78 is 28.7. The van der Waals surface area contributed by atoms with E-state index >= 15 is 0 Å². The Balaban J connectivity index is 0.00000261. The molecule has 0 spiro atoms. The van der Waals surface area contributed by atoms with E-state index in [4.69, 9.17) is 11.6 Å². The molecule has 3 rings (SSSR count). The molecule has 1 N–H and O–H groups in total. The zero-order chi connectivity index (χ0) is 18.5. The number of rotatable bonds is 5. The fourth-order valence-electron chi connectivity index (χ4n) is 3.09. The van der Waals surface area contributed by atoms with Gasteiger partial charge in [0.1, 0.15) is 5.75 Å². The predicted octanol–water partition coefficient (Wildman–Crippen LogP) is 4.08. The third kappa shape index (κ3) is 5.54. The summed E-state index contributed by atoms with van der Waals surface area (Å²) in [5, 5.41) is 3.93. The van der Waals surface area contributed by atoms with Crippen LogP contribution >= 0.6 is 24.0 Å². The molecule has 0 aromatic heterocycles. The second-order valence-corrected chi connectivity index (χ2v) is 6.43. The van der Waals surface area contributed by atoms with Crippen molar-refractivity contribution in [1.82, 2.24) is 10.2 Å². The van der Waals surface area contributed by atoms with Gasteiger partial charge >= 0.3 is 6.61 Å². The first-order valence-electron chi connectivity index (χ1n) is 8.33. The average Bonchev–Trinajstić information content (AvgIpc) is 2.63. The van der Waals surface area contributed by atoms with Gasteiger partial charge in [-0.15, -0.1) is 12.4 Å². The molecule has 1 fully saturated rings. The molecule has 2 aromatic carbocycles. The van der Waals surface area contributed by atoms with Gasteiger partial charge in [0, 0.05) is 24.7 Å². The Hall–Kier alpha value is -1.89. The maximum Gasteiger partial charge on any atom is 0.387 e. The smallest absolute Gasteiger partial charge is 0.387 e. The minimum absolute atomic E-state index is 0. The van der Waals surface area contributed by atoms with Crippen molar-refractivity contribution < 1.29 is 18.3 Å². The van der Waals surface area contributed by atoms with E-state index in [1.165, 1.54) is 12.1 Å². The molecule has 1 aliphatic heterocycles. The Bertz CT molecular complexity index is 760. The summed E-state index contributed by atoms with van der Waals surface area (Å²) in [6.45, 7) is -0.925. The maximum absolute atomic E-state index is 12.8. The predicted molar refractivity (Wildman–Crippen MR) is 103 cm³/mol. The van der Waals surface area contributed by atoms with Crippen molar-refractivity contribution in [2.24, 2.45) is 0 Å². The standard InChI is InChI=1S/C19H19ClF2N2O2.ClH/c20-16-4-2-1-3-15(16)17-12-23-9-10-24(17)18(25)11-13-5-7-14(8-6-13)26-19(21)22;/h1-8,17,19,23H,9-12H2;1H. The lowest BCUT2D eigenvalue weighted by Crippen LogP contribution is -2.49. The largest absolute Gasteiger partial charge is 0.435 e. The minimum atomic E-state index is -2.86. The summed E-state index contributed by atoms with van der Waals surface area (Å²) in [4.78, 5) is 14.6. The number of piperazine rings is 1. The molecule has 27 heavy (non-hydrogen) atoms. The number of ether oxygens (including phenoxy) is 1. The van der Waals surface area contributed by atoms with Crippen molar-refractivity contribution in [2.45, 2.75) is 19.1 Å². The number of hydrogen-bond donors (Lipinski definition) is 1. The molecular formula is C19H20Cl2F2N2O2. The summed E-state index contributed by atoms with van der Waals surface area (Å²) in [5.41, 5.74) is 1.66. The number of benzene rings is 2. The lowest BCUT2D eigenvalue weighted by Gasteiger charge is -2.37. The molecule has 8 heteroatoms. The fourth-order valence-corrected chi connectivity index (χ4v) is 3.35. The SMILES string of the molecule is Cl.O=C(Cc1ccc(OC(F)F)cc1)N1CCNCC1c1ccccc1Cl. The molecule has 1 amide bonds. The molecule has 1 heterocycles. The zero-order valence-corrected chi connectivity index (χ0v) is 16.0. The number of carbonyl (C=O) groups excluding carboxylic acids is 1. The van der Waals surface area contributed by atoms with E-state index in [1.807, 2.05) is 29.2 Å². The first-order chi connectivity index (χ1) is 12.5. The third-order valence-electron chi connectivity index (χ3n) is 4.33. The summed E-state index contributed by atoms with van der Waals surface area (Å²) in [5.74, 6) is 0.0475. The second-order valence-electron chi connectivity index (χ2n) is 6.03. The van der Waals surface area contributed by atoms with Gasteiger partial charge in [0.2, 0.25) is 5.91 Å². The van der Waals surface area contributed by atoms with Gasteiger partial charge in [0.15, 0.2) is 0 Å². The van der Waals surface area contributed by atoms with Crippen LogP contribution in [0.5, 0.6) is 5.75 Å². The van der Waals surface area contributed by atoms with Gasteiger partial charge in [0.25, 0.3) is 0 Å². The van der Waals surface area contributed by atoms with Crippen LogP contribution in [0.2, 0.25) is 5.02 Å². The van der Waals surface area contributed by atoms with Crippen molar-refractivity contribution in [1.29, 1.82) is 0 Å². The maximum atomic E-state index is 12.8. The Morgan fingerprint density at radius 2 is 1.93 bits per heavy atom. The van der Waals surface area contributed by atoms with E-state index in [-0.39, 0.29) is 36.5 Å². The molecule has 1 aliphatic rings. The van der Waals surface area contributed by atoms with Gasteiger partial charge in [-0.3, -0.25) is 4.79 Å². The Labute approximate surface area is 167 Å². The van der Waals surface area contributed by atoms with Crippen molar-refractivity contribution in [3.8, 4) is 5.75 Å². The zero-order valence-electron chi connectivity index (χ0n) is 14.4. The number of nitrogens with one attached hydrogen (secondary N) is 1. The van der Waals surface area contributed by atoms with Crippen LogP contribution in [0.25, 0.3) is 0 Å². The summed E-state index contributed by atoms with van der Waals surface area (Å²) in [7, 11) is 0. The van der Waals surface area contributed by atoms with Gasteiger partial charge in [-0.05, 0) is 29.3 Å². The van der Waals surface area contributed by atoms with Crippen LogP contribution in [0.4, 0.5) is 8.78 Å².